The molecule has 1 aromatic heterocycles. The number of alkyl halides is 1. The average molecular weight is 241 g/mol. The van der Waals surface area contributed by atoms with E-state index in [0.717, 1.165) is 19.4 Å². The van der Waals surface area contributed by atoms with Crippen molar-refractivity contribution >= 4 is 17.5 Å². The third-order valence-electron chi connectivity index (χ3n) is 2.68. The summed E-state index contributed by atoms with van der Waals surface area (Å²) in [5.41, 5.74) is 0.302. The number of H-pyrrole nitrogens is 1. The molecule has 1 atom stereocenters. The Morgan fingerprint density at radius 2 is 2.31 bits per heavy atom. The predicted molar refractivity (Wildman–Crippen MR) is 61.8 cm³/mol. The zero-order chi connectivity index (χ0) is 11.5. The third kappa shape index (κ3) is 2.44. The molecule has 5 heteroatoms. The molecule has 1 fully saturated rings. The minimum absolute atomic E-state index is 0.0421. The Morgan fingerprint density at radius 1 is 1.50 bits per heavy atom. The first-order valence-corrected chi connectivity index (χ1v) is 5.72. The average Bonchev–Trinajstić information content (AvgIpc) is 2.29. The highest BCUT2D eigenvalue weighted by atomic mass is 35.5. The van der Waals surface area contributed by atoms with E-state index in [1.54, 1.807) is 11.0 Å². The Labute approximate surface area is 98.2 Å². The van der Waals surface area contributed by atoms with Gasteiger partial charge in [0.2, 0.25) is 5.56 Å². The molecule has 1 amide bonds. The van der Waals surface area contributed by atoms with Gasteiger partial charge in [-0.1, -0.05) is 0 Å². The van der Waals surface area contributed by atoms with Crippen molar-refractivity contribution < 1.29 is 4.79 Å². The number of piperidine rings is 1. The Morgan fingerprint density at radius 3 is 2.94 bits per heavy atom. The number of aromatic amines is 1. The van der Waals surface area contributed by atoms with Crippen molar-refractivity contribution in [3.05, 3.63) is 34.2 Å². The van der Waals surface area contributed by atoms with Crippen LogP contribution in [0.2, 0.25) is 0 Å². The van der Waals surface area contributed by atoms with E-state index in [9.17, 15) is 9.59 Å². The number of rotatable bonds is 1. The zero-order valence-electron chi connectivity index (χ0n) is 8.78. The topological polar surface area (TPSA) is 53.2 Å². The number of halogens is 1. The minimum atomic E-state index is -0.203. The zero-order valence-corrected chi connectivity index (χ0v) is 9.54. The van der Waals surface area contributed by atoms with Crippen molar-refractivity contribution in [1.29, 1.82) is 0 Å². The van der Waals surface area contributed by atoms with Crippen LogP contribution in [-0.4, -0.2) is 34.3 Å². The van der Waals surface area contributed by atoms with Crippen molar-refractivity contribution in [3.63, 3.8) is 0 Å². The first kappa shape index (κ1) is 11.2. The third-order valence-corrected chi connectivity index (χ3v) is 3.04. The first-order valence-electron chi connectivity index (χ1n) is 5.29. The number of likely N-dealkylation sites (tertiary alicyclic amines) is 1. The summed E-state index contributed by atoms with van der Waals surface area (Å²) in [6.07, 6.45) is 3.34. The van der Waals surface area contributed by atoms with Crippen molar-refractivity contribution in [2.24, 2.45) is 0 Å². The maximum absolute atomic E-state index is 12.0. The highest BCUT2D eigenvalue weighted by molar-refractivity contribution is 6.21. The molecule has 16 heavy (non-hydrogen) atoms. The number of nitrogens with one attached hydrogen (secondary N) is 1. The minimum Gasteiger partial charge on any atom is -0.337 e. The molecule has 0 saturated carbocycles. The van der Waals surface area contributed by atoms with Crippen LogP contribution in [0.1, 0.15) is 23.2 Å². The van der Waals surface area contributed by atoms with Gasteiger partial charge in [0, 0.05) is 25.4 Å². The fourth-order valence-corrected chi connectivity index (χ4v) is 2.16. The monoisotopic (exact) mass is 240 g/mol. The molecular weight excluding hydrogens is 228 g/mol. The number of hydrogen-bond donors (Lipinski definition) is 1. The van der Waals surface area contributed by atoms with Gasteiger partial charge in [-0.15, -0.1) is 11.6 Å². The van der Waals surface area contributed by atoms with Crippen LogP contribution < -0.4 is 5.56 Å². The molecule has 2 heterocycles. The van der Waals surface area contributed by atoms with E-state index in [0.29, 0.717) is 12.1 Å². The predicted octanol–water partition coefficient (Wildman–Crippen LogP) is 1.22. The lowest BCUT2D eigenvalue weighted by Crippen LogP contribution is -2.40. The molecule has 0 aliphatic carbocycles. The van der Waals surface area contributed by atoms with E-state index < -0.39 is 0 Å². The van der Waals surface area contributed by atoms with Crippen molar-refractivity contribution in [2.45, 2.75) is 18.2 Å². The smallest absolute Gasteiger partial charge is 0.255 e. The van der Waals surface area contributed by atoms with Gasteiger partial charge in [0.1, 0.15) is 0 Å². The van der Waals surface area contributed by atoms with E-state index in [1.807, 2.05) is 0 Å². The van der Waals surface area contributed by atoms with Crippen molar-refractivity contribution in [2.75, 3.05) is 13.1 Å². The van der Waals surface area contributed by atoms with E-state index in [-0.39, 0.29) is 16.8 Å². The molecule has 1 aromatic rings. The van der Waals surface area contributed by atoms with Crippen LogP contribution in [0.5, 0.6) is 0 Å². The maximum Gasteiger partial charge on any atom is 0.255 e. The van der Waals surface area contributed by atoms with Gasteiger partial charge in [-0.05, 0) is 18.9 Å². The molecule has 1 aliphatic rings. The lowest BCUT2D eigenvalue weighted by atomic mass is 10.1. The highest BCUT2D eigenvalue weighted by Crippen LogP contribution is 2.16. The Bertz CT molecular complexity index is 423. The molecule has 1 saturated heterocycles. The van der Waals surface area contributed by atoms with Crippen LogP contribution in [0.3, 0.4) is 0 Å². The highest BCUT2D eigenvalue weighted by Gasteiger charge is 2.22. The lowest BCUT2D eigenvalue weighted by Gasteiger charge is -2.29. The summed E-state index contributed by atoms with van der Waals surface area (Å²) in [6, 6.07) is 2.90. The molecular formula is C11H13ClN2O2. The molecule has 1 N–H and O–H groups in total. The Kier molecular flexibility index (Phi) is 3.29. The summed E-state index contributed by atoms with van der Waals surface area (Å²) in [5.74, 6) is -0.0680. The Hall–Kier alpha value is -1.29. The lowest BCUT2D eigenvalue weighted by molar-refractivity contribution is 0.0726. The fourth-order valence-electron chi connectivity index (χ4n) is 1.84. The van der Waals surface area contributed by atoms with E-state index >= 15 is 0 Å². The van der Waals surface area contributed by atoms with E-state index in [4.69, 9.17) is 11.6 Å². The number of nitrogens with zero attached hydrogens (tertiary/aromatic N) is 1. The summed E-state index contributed by atoms with van der Waals surface area (Å²) in [6.45, 7) is 1.32. The normalized spacial score (nSPS) is 20.8. The molecule has 1 aliphatic heterocycles. The van der Waals surface area contributed by atoms with Crippen LogP contribution in [-0.2, 0) is 0 Å². The molecule has 0 spiro atoms. The summed E-state index contributed by atoms with van der Waals surface area (Å²) in [5, 5.41) is 0.0421. The van der Waals surface area contributed by atoms with Gasteiger partial charge in [0.15, 0.2) is 0 Å². The van der Waals surface area contributed by atoms with Gasteiger partial charge >= 0.3 is 0 Å². The molecule has 0 radical (unpaired) electrons. The molecule has 0 aromatic carbocycles. The van der Waals surface area contributed by atoms with Crippen LogP contribution in [0.25, 0.3) is 0 Å². The molecule has 1 unspecified atom stereocenters. The van der Waals surface area contributed by atoms with E-state index in [2.05, 4.69) is 4.98 Å². The molecule has 0 bridgehead atoms. The summed E-state index contributed by atoms with van der Waals surface area (Å²) in [7, 11) is 0. The summed E-state index contributed by atoms with van der Waals surface area (Å²) >= 11 is 6.02. The molecule has 86 valence electrons. The molecule has 2 rings (SSSR count). The second kappa shape index (κ2) is 4.70. The van der Waals surface area contributed by atoms with Gasteiger partial charge in [0.05, 0.1) is 10.9 Å². The summed E-state index contributed by atoms with van der Waals surface area (Å²) in [4.78, 5) is 27.1. The van der Waals surface area contributed by atoms with Gasteiger partial charge in [-0.3, -0.25) is 9.59 Å². The molecule has 4 nitrogen and oxygen atoms in total. The quantitative estimate of drug-likeness (QED) is 0.751. The fraction of sp³-hybridized carbons (Fsp3) is 0.455. The number of hydrogen-bond acceptors (Lipinski definition) is 2. The number of carbonyl (C=O) groups excluding carboxylic acids is 1. The first-order chi connectivity index (χ1) is 7.66. The number of pyridine rings is 1. The van der Waals surface area contributed by atoms with Crippen molar-refractivity contribution in [1.82, 2.24) is 9.88 Å². The Balaban J connectivity index is 2.12. The van der Waals surface area contributed by atoms with E-state index in [1.165, 1.54) is 12.3 Å². The number of carbonyl (C=O) groups is 1. The van der Waals surface area contributed by atoms with Gasteiger partial charge in [0.25, 0.3) is 5.91 Å². The maximum atomic E-state index is 12.0. The largest absolute Gasteiger partial charge is 0.337 e. The van der Waals surface area contributed by atoms with Crippen molar-refractivity contribution in [3.8, 4) is 0 Å². The SMILES string of the molecule is O=C(c1ccc(=O)[nH]c1)N1CCCC(Cl)C1. The second-order valence-electron chi connectivity index (χ2n) is 3.93. The van der Waals surface area contributed by atoms with Gasteiger partial charge in [-0.25, -0.2) is 0 Å². The summed E-state index contributed by atoms with van der Waals surface area (Å²) < 4.78 is 0. The van der Waals surface area contributed by atoms with Gasteiger partial charge in [-0.2, -0.15) is 0 Å². The second-order valence-corrected chi connectivity index (χ2v) is 4.55. The number of aromatic nitrogens is 1. The van der Waals surface area contributed by atoms with Gasteiger partial charge < -0.3 is 9.88 Å². The number of amides is 1. The van der Waals surface area contributed by atoms with Crippen LogP contribution in [0, 0.1) is 0 Å². The van der Waals surface area contributed by atoms with Crippen LogP contribution in [0.15, 0.2) is 23.1 Å². The standard InChI is InChI=1S/C11H13ClN2O2/c12-9-2-1-5-14(7-9)11(16)8-3-4-10(15)13-6-8/h3-4,6,9H,1-2,5,7H2,(H,13,15). The van der Waals surface area contributed by atoms with Crippen LogP contribution in [0.4, 0.5) is 0 Å². The van der Waals surface area contributed by atoms with Crippen LogP contribution >= 0.6 is 11.6 Å².